The van der Waals surface area contributed by atoms with Gasteiger partial charge in [-0.1, -0.05) is 37.3 Å². The van der Waals surface area contributed by atoms with Crippen LogP contribution in [0.2, 0.25) is 0 Å². The number of nitrogens with zero attached hydrogens (tertiary/aromatic N) is 2. The Balaban J connectivity index is 1.58. The molecule has 3 unspecified atom stereocenters. The van der Waals surface area contributed by atoms with Crippen LogP contribution in [0, 0.1) is 11.8 Å². The number of aromatic nitrogens is 2. The molecule has 2 N–H and O–H groups in total. The molecule has 116 valence electrons. The van der Waals surface area contributed by atoms with Crippen molar-refractivity contribution < 1.29 is 4.52 Å². The first-order valence-electron chi connectivity index (χ1n) is 8.85. The highest BCUT2D eigenvalue weighted by Crippen LogP contribution is 2.52. The molecular formula is C17H27N3O. The van der Waals surface area contributed by atoms with Crippen LogP contribution in [0.25, 0.3) is 0 Å². The van der Waals surface area contributed by atoms with Gasteiger partial charge < -0.3 is 10.3 Å². The van der Waals surface area contributed by atoms with E-state index in [0.29, 0.717) is 12.5 Å². The minimum absolute atomic E-state index is 0.0423. The maximum atomic E-state index is 6.14. The normalized spacial score (nSPS) is 35.0. The molecule has 0 saturated heterocycles. The lowest BCUT2D eigenvalue weighted by molar-refractivity contribution is 0.255. The Kier molecular flexibility index (Phi) is 3.52. The SMILES string of the molecule is NCC1(c2nc(C3CC4CCC3C4)no2)CCCCCC1. The standard InChI is InChI=1S/C17H27N3O/c18-11-17(7-3-1-2-4-8-17)16-19-15(20-21-16)14-10-12-5-6-13(14)9-12/h12-14H,1-11,18H2. The van der Waals surface area contributed by atoms with Crippen molar-refractivity contribution >= 4 is 0 Å². The Labute approximate surface area is 126 Å². The van der Waals surface area contributed by atoms with E-state index in [9.17, 15) is 0 Å². The molecule has 1 aromatic rings. The fourth-order valence-electron chi connectivity index (χ4n) is 5.07. The molecule has 0 radical (unpaired) electrons. The Morgan fingerprint density at radius 2 is 1.90 bits per heavy atom. The van der Waals surface area contributed by atoms with Crippen LogP contribution in [0.3, 0.4) is 0 Å². The third-order valence-electron chi connectivity index (χ3n) is 6.42. The van der Waals surface area contributed by atoms with Crippen LogP contribution in [0.15, 0.2) is 4.52 Å². The van der Waals surface area contributed by atoms with Gasteiger partial charge in [-0.05, 0) is 43.9 Å². The molecule has 21 heavy (non-hydrogen) atoms. The van der Waals surface area contributed by atoms with Gasteiger partial charge in [0.05, 0.1) is 5.41 Å². The van der Waals surface area contributed by atoms with Crippen LogP contribution in [0.5, 0.6) is 0 Å². The minimum Gasteiger partial charge on any atom is -0.339 e. The van der Waals surface area contributed by atoms with E-state index in [0.717, 1.165) is 36.4 Å². The summed E-state index contributed by atoms with van der Waals surface area (Å²) in [4.78, 5) is 4.86. The van der Waals surface area contributed by atoms with Gasteiger partial charge >= 0.3 is 0 Å². The van der Waals surface area contributed by atoms with Gasteiger partial charge in [-0.25, -0.2) is 0 Å². The van der Waals surface area contributed by atoms with E-state index in [1.54, 1.807) is 0 Å². The predicted octanol–water partition coefficient (Wildman–Crippen LogP) is 3.52. The summed E-state index contributed by atoms with van der Waals surface area (Å²) in [6, 6.07) is 0. The van der Waals surface area contributed by atoms with E-state index < -0.39 is 0 Å². The second-order valence-electron chi connectivity index (χ2n) is 7.64. The second kappa shape index (κ2) is 5.38. The van der Waals surface area contributed by atoms with Gasteiger partial charge in [-0.15, -0.1) is 0 Å². The van der Waals surface area contributed by atoms with Crippen molar-refractivity contribution in [3.8, 4) is 0 Å². The molecule has 3 fully saturated rings. The van der Waals surface area contributed by atoms with Crippen molar-refractivity contribution in [1.29, 1.82) is 0 Å². The van der Waals surface area contributed by atoms with Gasteiger partial charge in [0, 0.05) is 12.5 Å². The molecular weight excluding hydrogens is 262 g/mol. The fourth-order valence-corrected chi connectivity index (χ4v) is 5.07. The fraction of sp³-hybridized carbons (Fsp3) is 0.882. The molecule has 1 heterocycles. The number of hydrogen-bond acceptors (Lipinski definition) is 4. The maximum Gasteiger partial charge on any atom is 0.234 e. The monoisotopic (exact) mass is 289 g/mol. The summed E-state index contributed by atoms with van der Waals surface area (Å²) in [5.74, 6) is 4.10. The molecule has 4 nitrogen and oxygen atoms in total. The summed E-state index contributed by atoms with van der Waals surface area (Å²) in [6.07, 6.45) is 12.8. The number of fused-ring (bicyclic) bond motifs is 2. The van der Waals surface area contributed by atoms with E-state index in [4.69, 9.17) is 15.2 Å². The van der Waals surface area contributed by atoms with Crippen molar-refractivity contribution in [1.82, 2.24) is 10.1 Å². The van der Waals surface area contributed by atoms with Crippen molar-refractivity contribution in [3.05, 3.63) is 11.7 Å². The molecule has 0 aliphatic heterocycles. The van der Waals surface area contributed by atoms with Gasteiger partial charge in [0.2, 0.25) is 5.89 Å². The van der Waals surface area contributed by atoms with E-state index in [1.165, 1.54) is 51.4 Å². The molecule has 4 heteroatoms. The first-order valence-corrected chi connectivity index (χ1v) is 8.85. The third kappa shape index (κ3) is 2.32. The lowest BCUT2D eigenvalue weighted by Gasteiger charge is -2.26. The van der Waals surface area contributed by atoms with Crippen LogP contribution in [-0.2, 0) is 5.41 Å². The average Bonchev–Trinajstić information content (AvgIpc) is 3.21. The summed E-state index contributed by atoms with van der Waals surface area (Å²) in [6.45, 7) is 0.644. The summed E-state index contributed by atoms with van der Waals surface area (Å²) >= 11 is 0. The highest BCUT2D eigenvalue weighted by molar-refractivity contribution is 5.12. The van der Waals surface area contributed by atoms with Crippen molar-refractivity contribution in [2.24, 2.45) is 17.6 Å². The van der Waals surface area contributed by atoms with Crippen LogP contribution < -0.4 is 5.73 Å². The van der Waals surface area contributed by atoms with Crippen LogP contribution >= 0.6 is 0 Å². The van der Waals surface area contributed by atoms with E-state index >= 15 is 0 Å². The number of rotatable bonds is 3. The quantitative estimate of drug-likeness (QED) is 0.865. The van der Waals surface area contributed by atoms with E-state index in [2.05, 4.69) is 5.16 Å². The van der Waals surface area contributed by atoms with Gasteiger partial charge in [0.1, 0.15) is 0 Å². The van der Waals surface area contributed by atoms with E-state index in [1.807, 2.05) is 0 Å². The molecule has 0 spiro atoms. The second-order valence-corrected chi connectivity index (χ2v) is 7.64. The molecule has 3 saturated carbocycles. The Morgan fingerprint density at radius 1 is 1.10 bits per heavy atom. The molecule has 0 aromatic carbocycles. The van der Waals surface area contributed by atoms with Crippen LogP contribution in [0.1, 0.15) is 81.8 Å². The van der Waals surface area contributed by atoms with Crippen LogP contribution in [0.4, 0.5) is 0 Å². The summed E-state index contributed by atoms with van der Waals surface area (Å²) in [7, 11) is 0. The van der Waals surface area contributed by atoms with E-state index in [-0.39, 0.29) is 5.41 Å². The maximum absolute atomic E-state index is 6.14. The zero-order valence-electron chi connectivity index (χ0n) is 12.9. The molecule has 4 rings (SSSR count). The molecule has 3 atom stereocenters. The zero-order valence-corrected chi connectivity index (χ0v) is 12.9. The van der Waals surface area contributed by atoms with Gasteiger partial charge in [0.15, 0.2) is 5.82 Å². The van der Waals surface area contributed by atoms with Crippen LogP contribution in [-0.4, -0.2) is 16.7 Å². The summed E-state index contributed by atoms with van der Waals surface area (Å²) in [5, 5.41) is 4.37. The largest absolute Gasteiger partial charge is 0.339 e. The van der Waals surface area contributed by atoms with Gasteiger partial charge in [-0.3, -0.25) is 0 Å². The molecule has 3 aliphatic rings. The summed E-state index contributed by atoms with van der Waals surface area (Å²) in [5.41, 5.74) is 6.09. The lowest BCUT2D eigenvalue weighted by Crippen LogP contribution is -2.35. The first kappa shape index (κ1) is 13.7. The van der Waals surface area contributed by atoms with Crippen molar-refractivity contribution in [3.63, 3.8) is 0 Å². The Morgan fingerprint density at radius 3 is 2.52 bits per heavy atom. The van der Waals surface area contributed by atoms with Crippen molar-refractivity contribution in [2.45, 2.75) is 75.5 Å². The van der Waals surface area contributed by atoms with Crippen molar-refractivity contribution in [2.75, 3.05) is 6.54 Å². The molecule has 2 bridgehead atoms. The zero-order chi connectivity index (χ0) is 14.3. The minimum atomic E-state index is -0.0423. The number of hydrogen-bond donors (Lipinski definition) is 1. The number of nitrogens with two attached hydrogens (primary N) is 1. The topological polar surface area (TPSA) is 64.9 Å². The first-order chi connectivity index (χ1) is 10.3. The Bertz CT molecular complexity index is 490. The smallest absolute Gasteiger partial charge is 0.234 e. The molecule has 3 aliphatic carbocycles. The highest BCUT2D eigenvalue weighted by Gasteiger charge is 2.44. The van der Waals surface area contributed by atoms with Gasteiger partial charge in [0.25, 0.3) is 0 Å². The molecule has 0 amide bonds. The highest BCUT2D eigenvalue weighted by atomic mass is 16.5. The summed E-state index contributed by atoms with van der Waals surface area (Å²) < 4.78 is 5.73. The van der Waals surface area contributed by atoms with Gasteiger partial charge in [-0.2, -0.15) is 4.98 Å². The lowest BCUT2D eigenvalue weighted by atomic mass is 9.80. The average molecular weight is 289 g/mol. The Hall–Kier alpha value is -0.900. The predicted molar refractivity (Wildman–Crippen MR) is 80.9 cm³/mol. The molecule has 1 aromatic heterocycles. The third-order valence-corrected chi connectivity index (χ3v) is 6.42.